The van der Waals surface area contributed by atoms with Gasteiger partial charge in [-0.05, 0) is 68.7 Å². The van der Waals surface area contributed by atoms with Gasteiger partial charge in [0, 0.05) is 16.4 Å². The average Bonchev–Trinajstić information content (AvgIpc) is 3.27. The van der Waals surface area contributed by atoms with Crippen LogP contribution < -0.4 is 4.74 Å². The van der Waals surface area contributed by atoms with Crippen LogP contribution >= 0.6 is 11.6 Å². The largest absolute Gasteiger partial charge is 0.506 e. The number of aromatic hydroxyl groups is 1. The molecular formula is C25H27ClN2O3. The van der Waals surface area contributed by atoms with E-state index in [0.29, 0.717) is 10.8 Å². The number of rotatable bonds is 5. The molecule has 0 aliphatic heterocycles. The fourth-order valence-corrected chi connectivity index (χ4v) is 3.89. The minimum Gasteiger partial charge on any atom is -0.506 e. The van der Waals surface area contributed by atoms with Crippen LogP contribution in [0.1, 0.15) is 42.6 Å². The Bertz CT molecular complexity index is 960. The predicted molar refractivity (Wildman–Crippen MR) is 122 cm³/mol. The van der Waals surface area contributed by atoms with Crippen LogP contribution in [0.15, 0.2) is 60.9 Å². The average molecular weight is 439 g/mol. The highest BCUT2D eigenvalue weighted by molar-refractivity contribution is 6.30. The van der Waals surface area contributed by atoms with Gasteiger partial charge < -0.3 is 9.84 Å². The van der Waals surface area contributed by atoms with E-state index < -0.39 is 5.41 Å². The molecule has 3 aromatic rings. The van der Waals surface area contributed by atoms with Crippen molar-refractivity contribution in [3.8, 4) is 11.5 Å². The van der Waals surface area contributed by atoms with Gasteiger partial charge in [-0.3, -0.25) is 14.8 Å². The van der Waals surface area contributed by atoms with Crippen molar-refractivity contribution in [1.82, 2.24) is 9.97 Å². The van der Waals surface area contributed by atoms with E-state index in [1.807, 2.05) is 50.2 Å². The summed E-state index contributed by atoms with van der Waals surface area (Å²) in [5.41, 5.74) is 2.47. The highest BCUT2D eigenvalue weighted by Gasteiger charge is 2.42. The van der Waals surface area contributed by atoms with Gasteiger partial charge in [-0.15, -0.1) is 0 Å². The van der Waals surface area contributed by atoms with Gasteiger partial charge in [-0.1, -0.05) is 36.6 Å². The Morgan fingerprint density at radius 1 is 0.968 bits per heavy atom. The van der Waals surface area contributed by atoms with Crippen molar-refractivity contribution in [2.24, 2.45) is 0 Å². The van der Waals surface area contributed by atoms with Crippen LogP contribution in [-0.2, 0) is 10.2 Å². The molecule has 2 aromatic heterocycles. The SMILES string of the molecule is Cc1ccc(O)cn1.Cc1ccc(OCC(=O)C2(c3ccc(Cl)cc3)CCCC2)cn1. The number of hydrogen-bond acceptors (Lipinski definition) is 5. The molecule has 1 aliphatic carbocycles. The summed E-state index contributed by atoms with van der Waals surface area (Å²) in [5, 5.41) is 9.39. The minimum absolute atomic E-state index is 0.0768. The molecule has 1 aliphatic rings. The second-order valence-corrected chi connectivity index (χ2v) is 8.24. The molecule has 1 aromatic carbocycles. The van der Waals surface area contributed by atoms with Crippen LogP contribution in [-0.4, -0.2) is 27.5 Å². The maximum absolute atomic E-state index is 12.9. The maximum Gasteiger partial charge on any atom is 0.180 e. The van der Waals surface area contributed by atoms with Gasteiger partial charge in [0.15, 0.2) is 5.78 Å². The summed E-state index contributed by atoms with van der Waals surface area (Å²) in [6, 6.07) is 14.8. The molecule has 0 bridgehead atoms. The summed E-state index contributed by atoms with van der Waals surface area (Å²) in [6.45, 7) is 3.87. The predicted octanol–water partition coefficient (Wildman–Crippen LogP) is 5.60. The van der Waals surface area contributed by atoms with Crippen molar-refractivity contribution in [3.05, 3.63) is 82.9 Å². The number of aromatic nitrogens is 2. The Hall–Kier alpha value is -2.92. The number of carbonyl (C=O) groups is 1. The number of ether oxygens (including phenoxy) is 1. The van der Waals surface area contributed by atoms with E-state index in [-0.39, 0.29) is 18.1 Å². The lowest BCUT2D eigenvalue weighted by Gasteiger charge is -2.28. The fraction of sp³-hybridized carbons (Fsp3) is 0.320. The first-order valence-corrected chi connectivity index (χ1v) is 10.7. The van der Waals surface area contributed by atoms with Crippen molar-refractivity contribution in [3.63, 3.8) is 0 Å². The van der Waals surface area contributed by atoms with Crippen molar-refractivity contribution in [2.45, 2.75) is 44.9 Å². The summed E-state index contributed by atoms with van der Waals surface area (Å²) in [7, 11) is 0. The van der Waals surface area contributed by atoms with E-state index in [0.717, 1.165) is 42.6 Å². The van der Waals surface area contributed by atoms with Crippen molar-refractivity contribution in [1.29, 1.82) is 0 Å². The van der Waals surface area contributed by atoms with Crippen LogP contribution in [0.25, 0.3) is 0 Å². The monoisotopic (exact) mass is 438 g/mol. The third-order valence-corrected chi connectivity index (χ3v) is 5.79. The van der Waals surface area contributed by atoms with Gasteiger partial charge in [-0.2, -0.15) is 0 Å². The van der Waals surface area contributed by atoms with Crippen LogP contribution in [0.4, 0.5) is 0 Å². The molecule has 31 heavy (non-hydrogen) atoms. The molecule has 0 unspecified atom stereocenters. The smallest absolute Gasteiger partial charge is 0.180 e. The molecular weight excluding hydrogens is 412 g/mol. The van der Waals surface area contributed by atoms with E-state index in [4.69, 9.17) is 21.4 Å². The quantitative estimate of drug-likeness (QED) is 0.561. The van der Waals surface area contributed by atoms with Gasteiger partial charge in [0.1, 0.15) is 18.1 Å². The number of benzene rings is 1. The Labute approximate surface area is 188 Å². The molecule has 162 valence electrons. The number of hydrogen-bond donors (Lipinski definition) is 1. The second-order valence-electron chi connectivity index (χ2n) is 7.80. The number of aryl methyl sites for hydroxylation is 2. The molecule has 4 rings (SSSR count). The van der Waals surface area contributed by atoms with Crippen LogP contribution in [0.3, 0.4) is 0 Å². The standard InChI is InChI=1S/C19H20ClNO2.C6H7NO/c1-14-4-9-17(12-21-14)23-13-18(22)19(10-2-3-11-19)15-5-7-16(20)8-6-15;1-5-2-3-6(8)4-7-5/h4-9,12H,2-3,10-11,13H2,1H3;2-4,8H,1H3. The molecule has 0 spiro atoms. The summed E-state index contributed by atoms with van der Waals surface area (Å²) in [6.07, 6.45) is 6.98. The van der Waals surface area contributed by atoms with E-state index in [9.17, 15) is 4.79 Å². The summed E-state index contributed by atoms with van der Waals surface area (Å²) in [5.74, 6) is 0.988. The molecule has 0 atom stereocenters. The van der Waals surface area contributed by atoms with E-state index >= 15 is 0 Å². The van der Waals surface area contributed by atoms with E-state index in [1.54, 1.807) is 18.3 Å². The number of Topliss-reactive ketones (excluding diaryl/α,β-unsaturated/α-hetero) is 1. The summed E-state index contributed by atoms with van der Waals surface area (Å²) in [4.78, 5) is 20.9. The lowest BCUT2D eigenvalue weighted by atomic mass is 9.75. The molecule has 5 nitrogen and oxygen atoms in total. The maximum atomic E-state index is 12.9. The van der Waals surface area contributed by atoms with Gasteiger partial charge in [0.05, 0.1) is 17.8 Å². The van der Waals surface area contributed by atoms with Gasteiger partial charge >= 0.3 is 0 Å². The number of carbonyl (C=O) groups excluding carboxylic acids is 1. The zero-order chi connectivity index (χ0) is 22.3. The van der Waals surface area contributed by atoms with Gasteiger partial charge in [0.25, 0.3) is 0 Å². The zero-order valence-corrected chi connectivity index (χ0v) is 18.6. The lowest BCUT2D eigenvalue weighted by Crippen LogP contribution is -2.36. The van der Waals surface area contributed by atoms with Gasteiger partial charge in [-0.25, -0.2) is 0 Å². The first-order chi connectivity index (χ1) is 14.9. The second kappa shape index (κ2) is 10.4. The highest BCUT2D eigenvalue weighted by Crippen LogP contribution is 2.42. The molecule has 6 heteroatoms. The third-order valence-electron chi connectivity index (χ3n) is 5.54. The zero-order valence-electron chi connectivity index (χ0n) is 17.8. The van der Waals surface area contributed by atoms with E-state index in [2.05, 4.69) is 9.97 Å². The molecule has 0 radical (unpaired) electrons. The fourth-order valence-electron chi connectivity index (χ4n) is 3.76. The normalized spacial score (nSPS) is 14.4. The molecule has 1 N–H and O–H groups in total. The number of halogens is 1. The van der Waals surface area contributed by atoms with Crippen molar-refractivity contribution in [2.75, 3.05) is 6.61 Å². The molecule has 1 fully saturated rings. The lowest BCUT2D eigenvalue weighted by molar-refractivity contribution is -0.126. The third kappa shape index (κ3) is 6.05. The Morgan fingerprint density at radius 3 is 2.10 bits per heavy atom. The summed E-state index contributed by atoms with van der Waals surface area (Å²) >= 11 is 5.98. The molecule has 0 saturated heterocycles. The van der Waals surface area contributed by atoms with Crippen LogP contribution in [0.2, 0.25) is 5.02 Å². The van der Waals surface area contributed by atoms with Crippen molar-refractivity contribution >= 4 is 17.4 Å². The Kier molecular flexibility index (Phi) is 7.64. The van der Waals surface area contributed by atoms with Gasteiger partial charge in [0.2, 0.25) is 0 Å². The van der Waals surface area contributed by atoms with E-state index in [1.165, 1.54) is 6.20 Å². The number of pyridine rings is 2. The molecule has 1 saturated carbocycles. The first kappa shape index (κ1) is 22.8. The highest BCUT2D eigenvalue weighted by atomic mass is 35.5. The number of nitrogens with zero attached hydrogens (tertiary/aromatic N) is 2. The molecule has 2 heterocycles. The molecule has 0 amide bonds. The van der Waals surface area contributed by atoms with Crippen molar-refractivity contribution < 1.29 is 14.6 Å². The van der Waals surface area contributed by atoms with Crippen LogP contribution in [0, 0.1) is 13.8 Å². The Balaban J connectivity index is 0.000000287. The first-order valence-electron chi connectivity index (χ1n) is 10.4. The van der Waals surface area contributed by atoms with Crippen LogP contribution in [0.5, 0.6) is 11.5 Å². The Morgan fingerprint density at radius 2 is 1.58 bits per heavy atom. The number of ketones is 1. The summed E-state index contributed by atoms with van der Waals surface area (Å²) < 4.78 is 5.67. The minimum atomic E-state index is -0.428. The topological polar surface area (TPSA) is 72.3 Å².